The van der Waals surface area contributed by atoms with E-state index in [-0.39, 0.29) is 10.6 Å². The summed E-state index contributed by atoms with van der Waals surface area (Å²) < 4.78 is 0. The third-order valence-corrected chi connectivity index (χ3v) is 3.67. The maximum atomic E-state index is 11.2. The summed E-state index contributed by atoms with van der Waals surface area (Å²) in [5, 5.41) is 11.2. The summed E-state index contributed by atoms with van der Waals surface area (Å²) in [5.74, 6) is 0. The van der Waals surface area contributed by atoms with Gasteiger partial charge in [0, 0.05) is 24.8 Å². The van der Waals surface area contributed by atoms with Crippen molar-refractivity contribution in [3.8, 4) is 0 Å². The Bertz CT molecular complexity index is 670. The molecular formula is C15H15N3O2. The van der Waals surface area contributed by atoms with Crippen LogP contribution in [0, 0.1) is 10.1 Å². The van der Waals surface area contributed by atoms with Gasteiger partial charge < -0.3 is 10.6 Å². The fourth-order valence-electron chi connectivity index (χ4n) is 2.66. The van der Waals surface area contributed by atoms with Gasteiger partial charge in [0.25, 0.3) is 5.69 Å². The predicted octanol–water partition coefficient (Wildman–Crippen LogP) is 2.74. The van der Waals surface area contributed by atoms with Gasteiger partial charge in [0.2, 0.25) is 0 Å². The Morgan fingerprint density at radius 3 is 2.65 bits per heavy atom. The van der Waals surface area contributed by atoms with Crippen LogP contribution in [0.5, 0.6) is 0 Å². The lowest BCUT2D eigenvalue weighted by molar-refractivity contribution is -0.384. The van der Waals surface area contributed by atoms with Crippen molar-refractivity contribution in [2.24, 2.45) is 0 Å². The second-order valence-electron chi connectivity index (χ2n) is 4.95. The van der Waals surface area contributed by atoms with E-state index >= 15 is 0 Å². The van der Waals surface area contributed by atoms with E-state index in [2.05, 4.69) is 12.1 Å². The average Bonchev–Trinajstić information content (AvgIpc) is 2.46. The molecule has 102 valence electrons. The van der Waals surface area contributed by atoms with Crippen molar-refractivity contribution in [1.82, 2.24) is 0 Å². The Morgan fingerprint density at radius 2 is 1.90 bits per heavy atom. The molecule has 0 aromatic heterocycles. The number of nitrogens with zero attached hydrogens (tertiary/aromatic N) is 2. The van der Waals surface area contributed by atoms with Crippen molar-refractivity contribution in [2.45, 2.75) is 13.0 Å². The Hall–Kier alpha value is -2.56. The Kier molecular flexibility index (Phi) is 3.02. The summed E-state index contributed by atoms with van der Waals surface area (Å²) in [5.41, 5.74) is 9.32. The molecule has 1 heterocycles. The van der Waals surface area contributed by atoms with Gasteiger partial charge in [-0.25, -0.2) is 0 Å². The Morgan fingerprint density at radius 1 is 1.15 bits per heavy atom. The highest BCUT2D eigenvalue weighted by atomic mass is 16.6. The summed E-state index contributed by atoms with van der Waals surface area (Å²) in [6, 6.07) is 13.1. The number of hydrogen-bond acceptors (Lipinski definition) is 4. The van der Waals surface area contributed by atoms with Crippen molar-refractivity contribution in [3.05, 3.63) is 63.7 Å². The third kappa shape index (κ3) is 2.18. The fourth-order valence-corrected chi connectivity index (χ4v) is 2.66. The predicted molar refractivity (Wildman–Crippen MR) is 78.7 cm³/mol. The molecule has 0 spiro atoms. The van der Waals surface area contributed by atoms with Gasteiger partial charge in [-0.2, -0.15) is 0 Å². The molecule has 2 aromatic rings. The van der Waals surface area contributed by atoms with Gasteiger partial charge >= 0.3 is 0 Å². The van der Waals surface area contributed by atoms with Crippen LogP contribution in [-0.2, 0) is 13.0 Å². The van der Waals surface area contributed by atoms with E-state index in [1.54, 1.807) is 12.1 Å². The third-order valence-electron chi connectivity index (χ3n) is 3.67. The van der Waals surface area contributed by atoms with Gasteiger partial charge in [-0.05, 0) is 29.7 Å². The van der Waals surface area contributed by atoms with Gasteiger partial charge in [-0.15, -0.1) is 0 Å². The maximum absolute atomic E-state index is 11.2. The van der Waals surface area contributed by atoms with Crippen LogP contribution in [-0.4, -0.2) is 11.5 Å². The van der Waals surface area contributed by atoms with E-state index in [1.165, 1.54) is 17.2 Å². The summed E-state index contributed by atoms with van der Waals surface area (Å²) >= 11 is 0. The molecule has 2 N–H and O–H groups in total. The molecule has 0 aliphatic carbocycles. The molecule has 0 bridgehead atoms. The number of anilines is 2. The lowest BCUT2D eigenvalue weighted by Crippen LogP contribution is -2.30. The van der Waals surface area contributed by atoms with Crippen LogP contribution >= 0.6 is 0 Å². The molecule has 3 rings (SSSR count). The second-order valence-corrected chi connectivity index (χ2v) is 4.95. The minimum atomic E-state index is -0.369. The molecule has 0 radical (unpaired) electrons. The summed E-state index contributed by atoms with van der Waals surface area (Å²) in [6.07, 6.45) is 0.901. The smallest absolute Gasteiger partial charge is 0.294 e. The highest BCUT2D eigenvalue weighted by molar-refractivity contribution is 5.68. The highest BCUT2D eigenvalue weighted by Gasteiger charge is 2.23. The highest BCUT2D eigenvalue weighted by Crippen LogP contribution is 2.33. The van der Waals surface area contributed by atoms with Crippen molar-refractivity contribution >= 4 is 17.1 Å². The van der Waals surface area contributed by atoms with Gasteiger partial charge in [0.05, 0.1) is 4.92 Å². The molecule has 2 aromatic carbocycles. The first-order valence-corrected chi connectivity index (χ1v) is 6.51. The van der Waals surface area contributed by atoms with Crippen LogP contribution in [0.15, 0.2) is 42.5 Å². The van der Waals surface area contributed by atoms with Crippen LogP contribution in [0.2, 0.25) is 0 Å². The number of fused-ring (bicyclic) bond motifs is 1. The van der Waals surface area contributed by atoms with Gasteiger partial charge in [-0.1, -0.05) is 24.3 Å². The van der Waals surface area contributed by atoms with E-state index < -0.39 is 0 Å². The molecule has 0 saturated carbocycles. The average molecular weight is 269 g/mol. The molecule has 0 amide bonds. The number of benzene rings is 2. The number of nitrogen functional groups attached to an aromatic ring is 1. The molecule has 5 heteroatoms. The molecule has 0 unspecified atom stereocenters. The number of nitro groups is 1. The molecule has 20 heavy (non-hydrogen) atoms. The van der Waals surface area contributed by atoms with Crippen LogP contribution in [0.3, 0.4) is 0 Å². The van der Waals surface area contributed by atoms with E-state index in [1.807, 2.05) is 17.0 Å². The molecule has 1 aliphatic heterocycles. The zero-order chi connectivity index (χ0) is 14.1. The lowest BCUT2D eigenvalue weighted by Gasteiger charge is -2.30. The number of rotatable bonds is 2. The minimum Gasteiger partial charge on any atom is -0.399 e. The standard InChI is InChI=1S/C15H15N3O2/c16-13-5-6-14(15(9-13)18(19)20)17-8-7-11-3-1-2-4-12(11)10-17/h1-6,9H,7-8,10,16H2. The van der Waals surface area contributed by atoms with E-state index in [9.17, 15) is 10.1 Å². The van der Waals surface area contributed by atoms with Gasteiger partial charge in [-0.3, -0.25) is 10.1 Å². The molecule has 0 atom stereocenters. The zero-order valence-corrected chi connectivity index (χ0v) is 11.0. The number of hydrogen-bond donors (Lipinski definition) is 1. The first-order valence-electron chi connectivity index (χ1n) is 6.51. The summed E-state index contributed by atoms with van der Waals surface area (Å²) in [7, 11) is 0. The SMILES string of the molecule is Nc1ccc(N2CCc3ccccc3C2)c([N+](=O)[O-])c1. The van der Waals surface area contributed by atoms with Crippen molar-refractivity contribution in [1.29, 1.82) is 0 Å². The summed E-state index contributed by atoms with van der Waals surface area (Å²) in [4.78, 5) is 12.9. The maximum Gasteiger partial charge on any atom is 0.294 e. The summed E-state index contributed by atoms with van der Waals surface area (Å²) in [6.45, 7) is 1.47. The second kappa shape index (κ2) is 4.85. The zero-order valence-electron chi connectivity index (χ0n) is 11.0. The normalized spacial score (nSPS) is 13.9. The molecule has 1 aliphatic rings. The fraction of sp³-hybridized carbons (Fsp3) is 0.200. The lowest BCUT2D eigenvalue weighted by atomic mass is 9.99. The van der Waals surface area contributed by atoms with Crippen LogP contribution < -0.4 is 10.6 Å². The van der Waals surface area contributed by atoms with Crippen LogP contribution in [0.4, 0.5) is 17.1 Å². The quantitative estimate of drug-likeness (QED) is 0.517. The molecule has 5 nitrogen and oxygen atoms in total. The van der Waals surface area contributed by atoms with Crippen molar-refractivity contribution in [2.75, 3.05) is 17.2 Å². The van der Waals surface area contributed by atoms with Gasteiger partial charge in [0.15, 0.2) is 0 Å². The largest absolute Gasteiger partial charge is 0.399 e. The van der Waals surface area contributed by atoms with Crippen molar-refractivity contribution < 1.29 is 4.92 Å². The van der Waals surface area contributed by atoms with E-state index in [0.717, 1.165) is 13.0 Å². The van der Waals surface area contributed by atoms with Crippen LogP contribution in [0.25, 0.3) is 0 Å². The first-order chi connectivity index (χ1) is 9.65. The Labute approximate surface area is 116 Å². The molecular weight excluding hydrogens is 254 g/mol. The first kappa shape index (κ1) is 12.5. The minimum absolute atomic E-state index is 0.0735. The monoisotopic (exact) mass is 269 g/mol. The van der Waals surface area contributed by atoms with Gasteiger partial charge in [0.1, 0.15) is 5.69 Å². The molecule has 0 fully saturated rings. The van der Waals surface area contributed by atoms with E-state index in [4.69, 9.17) is 5.73 Å². The number of nitro benzene ring substituents is 1. The Balaban J connectivity index is 1.97. The van der Waals surface area contributed by atoms with Crippen molar-refractivity contribution in [3.63, 3.8) is 0 Å². The molecule has 0 saturated heterocycles. The topological polar surface area (TPSA) is 72.4 Å². The number of nitrogens with two attached hydrogens (primary N) is 1. The van der Waals surface area contributed by atoms with Crippen LogP contribution in [0.1, 0.15) is 11.1 Å². The van der Waals surface area contributed by atoms with E-state index in [0.29, 0.717) is 17.9 Å².